The number of anilines is 1. The first kappa shape index (κ1) is 21.0. The maximum atomic E-state index is 12.2. The molecule has 0 aliphatic rings. The van der Waals surface area contributed by atoms with Crippen molar-refractivity contribution in [3.05, 3.63) is 52.8 Å². The van der Waals surface area contributed by atoms with Gasteiger partial charge in [-0.15, -0.1) is 0 Å². The molecule has 0 saturated heterocycles. The van der Waals surface area contributed by atoms with Crippen LogP contribution in [-0.4, -0.2) is 51.3 Å². The van der Waals surface area contributed by atoms with Crippen molar-refractivity contribution in [2.24, 2.45) is 0 Å². The number of carbonyl (C=O) groups excluding carboxylic acids is 1. The Labute approximate surface area is 174 Å². The maximum absolute atomic E-state index is 12.2. The van der Waals surface area contributed by atoms with E-state index in [2.05, 4.69) is 15.1 Å². The first-order valence-electron chi connectivity index (χ1n) is 9.44. The molecular formula is C21H24N6O3. The molecule has 0 spiro atoms. The van der Waals surface area contributed by atoms with Crippen molar-refractivity contribution < 1.29 is 9.53 Å². The normalized spacial score (nSPS) is 10.8. The smallest absolute Gasteiger partial charge is 0.267 e. The van der Waals surface area contributed by atoms with Gasteiger partial charge in [0.05, 0.1) is 23.0 Å². The number of nitrogens with zero attached hydrogens (tertiary/aromatic N) is 5. The number of ether oxygens (including phenoxy) is 1. The van der Waals surface area contributed by atoms with Crippen LogP contribution >= 0.6 is 0 Å². The highest BCUT2D eigenvalue weighted by atomic mass is 16.5. The van der Waals surface area contributed by atoms with Crippen molar-refractivity contribution in [2.75, 3.05) is 26.4 Å². The van der Waals surface area contributed by atoms with E-state index in [0.717, 1.165) is 5.56 Å². The number of amides is 1. The van der Waals surface area contributed by atoms with Crippen LogP contribution in [0.1, 0.15) is 19.9 Å². The number of hydrogen-bond acceptors (Lipinski definition) is 7. The Kier molecular flexibility index (Phi) is 6.10. The number of benzene rings is 1. The van der Waals surface area contributed by atoms with Gasteiger partial charge in [0.1, 0.15) is 0 Å². The van der Waals surface area contributed by atoms with Crippen LogP contribution in [0.5, 0.6) is 5.88 Å². The SMILES string of the molecule is CC(C)n1nc(-c2c(OCC(=O)N(C)C)nc(N)nc2-c2ccccc2)ccc1=O. The van der Waals surface area contributed by atoms with Crippen molar-refractivity contribution in [3.8, 4) is 28.4 Å². The Morgan fingerprint density at radius 3 is 2.47 bits per heavy atom. The van der Waals surface area contributed by atoms with Gasteiger partial charge in [-0.2, -0.15) is 10.1 Å². The average Bonchev–Trinajstić information content (AvgIpc) is 2.72. The van der Waals surface area contributed by atoms with Crippen LogP contribution in [-0.2, 0) is 4.79 Å². The lowest BCUT2D eigenvalue weighted by atomic mass is 10.0. The van der Waals surface area contributed by atoms with Gasteiger partial charge in [0.15, 0.2) is 6.61 Å². The maximum Gasteiger partial charge on any atom is 0.267 e. The van der Waals surface area contributed by atoms with Crippen LogP contribution in [0.25, 0.3) is 22.5 Å². The molecule has 2 heterocycles. The molecule has 0 unspecified atom stereocenters. The van der Waals surface area contributed by atoms with Crippen LogP contribution < -0.4 is 16.0 Å². The standard InChI is InChI=1S/C21H24N6O3/c1-13(2)27-16(28)11-10-15(25-27)18-19(14-8-6-5-7-9-14)23-21(22)24-20(18)30-12-17(29)26(3)4/h5-11,13H,12H2,1-4H3,(H2,22,23,24). The fourth-order valence-corrected chi connectivity index (χ4v) is 2.78. The van der Waals surface area contributed by atoms with Crippen LogP contribution in [0.2, 0.25) is 0 Å². The second-order valence-corrected chi connectivity index (χ2v) is 7.15. The minimum Gasteiger partial charge on any atom is -0.467 e. The third-order valence-electron chi connectivity index (χ3n) is 4.34. The molecule has 0 fully saturated rings. The molecule has 3 rings (SSSR count). The fourth-order valence-electron chi connectivity index (χ4n) is 2.78. The Hall–Kier alpha value is -3.75. The van der Waals surface area contributed by atoms with Crippen LogP contribution in [0, 0.1) is 0 Å². The molecule has 2 aromatic heterocycles. The van der Waals surface area contributed by atoms with Crippen molar-refractivity contribution in [3.63, 3.8) is 0 Å². The summed E-state index contributed by atoms with van der Waals surface area (Å²) in [6, 6.07) is 12.2. The molecule has 30 heavy (non-hydrogen) atoms. The Morgan fingerprint density at radius 2 is 1.83 bits per heavy atom. The number of hydrogen-bond donors (Lipinski definition) is 1. The molecule has 0 radical (unpaired) electrons. The zero-order valence-corrected chi connectivity index (χ0v) is 17.4. The average molecular weight is 408 g/mol. The summed E-state index contributed by atoms with van der Waals surface area (Å²) >= 11 is 0. The van der Waals surface area contributed by atoms with Gasteiger partial charge in [0, 0.05) is 25.7 Å². The number of rotatable bonds is 6. The molecule has 0 aliphatic heterocycles. The second kappa shape index (κ2) is 8.73. The number of carbonyl (C=O) groups is 1. The minimum atomic E-state index is -0.237. The van der Waals surface area contributed by atoms with E-state index in [1.54, 1.807) is 20.2 Å². The van der Waals surface area contributed by atoms with E-state index in [-0.39, 0.29) is 35.9 Å². The van der Waals surface area contributed by atoms with Gasteiger partial charge in [-0.25, -0.2) is 9.67 Å². The van der Waals surface area contributed by atoms with E-state index in [0.29, 0.717) is 17.0 Å². The molecule has 0 saturated carbocycles. The summed E-state index contributed by atoms with van der Waals surface area (Å²) in [6.07, 6.45) is 0. The van der Waals surface area contributed by atoms with Gasteiger partial charge in [0.25, 0.3) is 11.5 Å². The fraction of sp³-hybridized carbons (Fsp3) is 0.286. The second-order valence-electron chi connectivity index (χ2n) is 7.15. The Morgan fingerprint density at radius 1 is 1.13 bits per heavy atom. The molecule has 0 aliphatic carbocycles. The van der Waals surface area contributed by atoms with Gasteiger partial charge < -0.3 is 15.4 Å². The Bertz CT molecular complexity index is 1110. The van der Waals surface area contributed by atoms with Crippen molar-refractivity contribution >= 4 is 11.9 Å². The molecular weight excluding hydrogens is 384 g/mol. The lowest BCUT2D eigenvalue weighted by molar-refractivity contribution is -0.130. The van der Waals surface area contributed by atoms with Gasteiger partial charge in [-0.1, -0.05) is 30.3 Å². The molecule has 9 nitrogen and oxygen atoms in total. The molecule has 156 valence electrons. The van der Waals surface area contributed by atoms with E-state index in [9.17, 15) is 9.59 Å². The summed E-state index contributed by atoms with van der Waals surface area (Å²) < 4.78 is 7.11. The number of likely N-dealkylation sites (N-methyl/N-ethyl adjacent to an activating group) is 1. The highest BCUT2D eigenvalue weighted by Gasteiger charge is 2.22. The molecule has 3 aromatic rings. The van der Waals surface area contributed by atoms with Gasteiger partial charge in [-0.3, -0.25) is 9.59 Å². The molecule has 1 amide bonds. The molecule has 2 N–H and O–H groups in total. The van der Waals surface area contributed by atoms with Crippen molar-refractivity contribution in [1.82, 2.24) is 24.6 Å². The van der Waals surface area contributed by atoms with Gasteiger partial charge >= 0.3 is 0 Å². The molecule has 9 heteroatoms. The van der Waals surface area contributed by atoms with Gasteiger partial charge in [-0.05, 0) is 19.9 Å². The monoisotopic (exact) mass is 408 g/mol. The zero-order chi connectivity index (χ0) is 21.8. The molecule has 0 bridgehead atoms. The summed E-state index contributed by atoms with van der Waals surface area (Å²) in [5.74, 6) is -0.111. The van der Waals surface area contributed by atoms with Crippen molar-refractivity contribution in [1.29, 1.82) is 0 Å². The van der Waals surface area contributed by atoms with E-state index < -0.39 is 0 Å². The summed E-state index contributed by atoms with van der Waals surface area (Å²) in [7, 11) is 3.27. The highest BCUT2D eigenvalue weighted by molar-refractivity contribution is 5.83. The summed E-state index contributed by atoms with van der Waals surface area (Å²) in [5.41, 5.74) is 7.88. The predicted molar refractivity (Wildman–Crippen MR) is 114 cm³/mol. The highest BCUT2D eigenvalue weighted by Crippen LogP contribution is 2.36. The molecule has 0 atom stereocenters. The van der Waals surface area contributed by atoms with Crippen molar-refractivity contribution in [2.45, 2.75) is 19.9 Å². The quantitative estimate of drug-likeness (QED) is 0.663. The van der Waals surface area contributed by atoms with Crippen LogP contribution in [0.3, 0.4) is 0 Å². The predicted octanol–water partition coefficient (Wildman–Crippen LogP) is 2.00. The Balaban J connectivity index is 2.23. The minimum absolute atomic E-state index is 0.00193. The largest absolute Gasteiger partial charge is 0.467 e. The third-order valence-corrected chi connectivity index (χ3v) is 4.34. The van der Waals surface area contributed by atoms with E-state index in [4.69, 9.17) is 10.5 Å². The van der Waals surface area contributed by atoms with Crippen LogP contribution in [0.4, 0.5) is 5.95 Å². The lowest BCUT2D eigenvalue weighted by Gasteiger charge is -2.17. The zero-order valence-electron chi connectivity index (χ0n) is 17.4. The summed E-state index contributed by atoms with van der Waals surface area (Å²) in [5, 5.41) is 4.49. The first-order valence-corrected chi connectivity index (χ1v) is 9.44. The number of nitrogens with two attached hydrogens (primary N) is 1. The van der Waals surface area contributed by atoms with E-state index >= 15 is 0 Å². The van der Waals surface area contributed by atoms with E-state index in [1.165, 1.54) is 15.6 Å². The van der Waals surface area contributed by atoms with E-state index in [1.807, 2.05) is 44.2 Å². The number of nitrogen functional groups attached to an aromatic ring is 1. The summed E-state index contributed by atoms with van der Waals surface area (Å²) in [6.45, 7) is 3.50. The van der Waals surface area contributed by atoms with Crippen LogP contribution in [0.15, 0.2) is 47.3 Å². The third kappa shape index (κ3) is 4.45. The topological polar surface area (TPSA) is 116 Å². The number of aromatic nitrogens is 4. The van der Waals surface area contributed by atoms with Gasteiger partial charge in [0.2, 0.25) is 11.8 Å². The lowest BCUT2D eigenvalue weighted by Crippen LogP contribution is -2.28. The summed E-state index contributed by atoms with van der Waals surface area (Å²) in [4.78, 5) is 34.3. The molecule has 1 aromatic carbocycles. The first-order chi connectivity index (χ1) is 14.3.